The molecule has 0 radical (unpaired) electrons. The van der Waals surface area contributed by atoms with Crippen molar-refractivity contribution in [1.82, 2.24) is 9.88 Å². The smallest absolute Gasteiger partial charge is 0.233 e. The van der Waals surface area contributed by atoms with E-state index in [0.29, 0.717) is 30.0 Å². The average Bonchev–Trinajstić information content (AvgIpc) is 2.49. The molecule has 1 rings (SSSR count). The van der Waals surface area contributed by atoms with Gasteiger partial charge < -0.3 is 14.4 Å². The average molecular weight is 328 g/mol. The predicted molar refractivity (Wildman–Crippen MR) is 90.3 cm³/mol. The predicted octanol–water partition coefficient (Wildman–Crippen LogP) is 3.51. The summed E-state index contributed by atoms with van der Waals surface area (Å²) in [7, 11) is 1.87. The summed E-state index contributed by atoms with van der Waals surface area (Å²) in [5.41, 5.74) is 1.45. The maximum atomic E-state index is 8.16. The molecule has 6 heteroatoms. The molecule has 1 heterocycles. The Labute approximate surface area is 138 Å². The van der Waals surface area contributed by atoms with Crippen molar-refractivity contribution in [2.24, 2.45) is 0 Å². The van der Waals surface area contributed by atoms with Crippen LogP contribution in [0.5, 0.6) is 5.88 Å². The minimum absolute atomic E-state index is 0.125. The minimum Gasteiger partial charge on any atom is -0.471 e. The summed E-state index contributed by atoms with van der Waals surface area (Å²) in [6.07, 6.45) is 0.853. The van der Waals surface area contributed by atoms with Crippen LogP contribution < -0.4 is 4.74 Å². The van der Waals surface area contributed by atoms with Crippen molar-refractivity contribution < 1.29 is 9.47 Å². The molecule has 0 amide bonds. The molecule has 1 unspecified atom stereocenters. The molecule has 0 aliphatic rings. The van der Waals surface area contributed by atoms with Crippen LogP contribution in [0.2, 0.25) is 5.02 Å². The van der Waals surface area contributed by atoms with Crippen LogP contribution in [-0.4, -0.2) is 48.6 Å². The number of nitrogens with zero attached hydrogens (tertiary/aromatic N) is 2. The Morgan fingerprint density at radius 2 is 2.14 bits per heavy atom. The molecular weight excluding hydrogens is 302 g/mol. The third kappa shape index (κ3) is 5.14. The van der Waals surface area contributed by atoms with E-state index in [1.807, 2.05) is 32.7 Å². The summed E-state index contributed by atoms with van der Waals surface area (Å²) < 4.78 is 11.2. The number of nitrogens with one attached hydrogen (secondary N) is 1. The van der Waals surface area contributed by atoms with Crippen molar-refractivity contribution in [1.29, 1.82) is 5.41 Å². The summed E-state index contributed by atoms with van der Waals surface area (Å²) in [6, 6.07) is 1.74. The molecule has 1 atom stereocenters. The molecule has 0 aliphatic heterocycles. The highest BCUT2D eigenvalue weighted by atomic mass is 35.5. The van der Waals surface area contributed by atoms with Gasteiger partial charge in [0, 0.05) is 25.8 Å². The standard InChI is InChI=1S/C16H26ClN3O2/c1-6-8-21-10-11(3)22-16-14(17)9-13(12(4)19-16)15(18)20(5)7-2/h9,11,18H,6-8,10H2,1-5H3. The van der Waals surface area contributed by atoms with Crippen LogP contribution in [0.25, 0.3) is 0 Å². The zero-order valence-electron chi connectivity index (χ0n) is 14.1. The molecule has 124 valence electrons. The molecule has 1 N–H and O–H groups in total. The number of aromatic nitrogens is 1. The summed E-state index contributed by atoms with van der Waals surface area (Å²) in [4.78, 5) is 6.24. The largest absolute Gasteiger partial charge is 0.471 e. The fourth-order valence-corrected chi connectivity index (χ4v) is 2.06. The Hall–Kier alpha value is -1.33. The maximum Gasteiger partial charge on any atom is 0.233 e. The maximum absolute atomic E-state index is 8.16. The van der Waals surface area contributed by atoms with Gasteiger partial charge in [-0.15, -0.1) is 0 Å². The first-order valence-corrected chi connectivity index (χ1v) is 8.00. The van der Waals surface area contributed by atoms with Crippen molar-refractivity contribution >= 4 is 17.4 Å². The van der Waals surface area contributed by atoms with Crippen LogP contribution in [0.4, 0.5) is 0 Å². The van der Waals surface area contributed by atoms with Gasteiger partial charge in [-0.3, -0.25) is 5.41 Å². The molecule has 5 nitrogen and oxygen atoms in total. The van der Waals surface area contributed by atoms with Gasteiger partial charge in [-0.2, -0.15) is 0 Å². The van der Waals surface area contributed by atoms with E-state index in [2.05, 4.69) is 11.9 Å². The lowest BCUT2D eigenvalue weighted by Gasteiger charge is -2.20. The van der Waals surface area contributed by atoms with Crippen LogP contribution in [-0.2, 0) is 4.74 Å². The highest BCUT2D eigenvalue weighted by Gasteiger charge is 2.16. The molecule has 0 aliphatic carbocycles. The van der Waals surface area contributed by atoms with E-state index in [0.717, 1.165) is 24.2 Å². The molecule has 0 saturated carbocycles. The summed E-state index contributed by atoms with van der Waals surface area (Å²) in [6.45, 7) is 9.80. The van der Waals surface area contributed by atoms with Gasteiger partial charge in [0.25, 0.3) is 0 Å². The number of hydrogen-bond acceptors (Lipinski definition) is 4. The first-order valence-electron chi connectivity index (χ1n) is 7.62. The van der Waals surface area contributed by atoms with Crippen molar-refractivity contribution in [3.05, 3.63) is 22.3 Å². The number of aryl methyl sites for hydroxylation is 1. The molecule has 1 aromatic heterocycles. The Morgan fingerprint density at radius 3 is 2.73 bits per heavy atom. The monoisotopic (exact) mass is 327 g/mol. The van der Waals surface area contributed by atoms with Crippen LogP contribution in [0.1, 0.15) is 38.4 Å². The topological polar surface area (TPSA) is 58.4 Å². The van der Waals surface area contributed by atoms with Crippen LogP contribution in [0, 0.1) is 12.3 Å². The molecule has 1 aromatic rings. The second-order valence-corrected chi connectivity index (χ2v) is 5.68. The van der Waals surface area contributed by atoms with E-state index in [9.17, 15) is 0 Å². The van der Waals surface area contributed by atoms with Crippen molar-refractivity contribution in [2.45, 2.75) is 40.2 Å². The van der Waals surface area contributed by atoms with Crippen molar-refractivity contribution in [3.63, 3.8) is 0 Å². The lowest BCUT2D eigenvalue weighted by atomic mass is 10.1. The number of amidine groups is 1. The SMILES string of the molecule is CCCOCC(C)Oc1nc(C)c(C(=N)N(C)CC)cc1Cl. The number of ether oxygens (including phenoxy) is 2. The first kappa shape index (κ1) is 18.7. The fourth-order valence-electron chi connectivity index (χ4n) is 1.86. The van der Waals surface area contributed by atoms with Gasteiger partial charge >= 0.3 is 0 Å². The van der Waals surface area contributed by atoms with Gasteiger partial charge in [0.05, 0.1) is 12.3 Å². The molecular formula is C16H26ClN3O2. The van der Waals surface area contributed by atoms with E-state index in [1.54, 1.807) is 6.07 Å². The van der Waals surface area contributed by atoms with E-state index < -0.39 is 0 Å². The van der Waals surface area contributed by atoms with Gasteiger partial charge in [-0.25, -0.2) is 4.98 Å². The van der Waals surface area contributed by atoms with E-state index in [4.69, 9.17) is 26.5 Å². The van der Waals surface area contributed by atoms with E-state index >= 15 is 0 Å². The Balaban J connectivity index is 2.83. The zero-order chi connectivity index (χ0) is 16.7. The molecule has 0 saturated heterocycles. The summed E-state index contributed by atoms with van der Waals surface area (Å²) >= 11 is 6.26. The second-order valence-electron chi connectivity index (χ2n) is 5.27. The minimum atomic E-state index is -0.125. The first-order chi connectivity index (χ1) is 10.4. The molecule has 0 aromatic carbocycles. The van der Waals surface area contributed by atoms with Gasteiger partial charge in [0.2, 0.25) is 5.88 Å². The third-order valence-electron chi connectivity index (χ3n) is 3.26. The third-order valence-corrected chi connectivity index (χ3v) is 3.53. The highest BCUT2D eigenvalue weighted by Crippen LogP contribution is 2.26. The Bertz CT molecular complexity index is 508. The van der Waals surface area contributed by atoms with Crippen LogP contribution in [0.3, 0.4) is 0 Å². The van der Waals surface area contributed by atoms with Gasteiger partial charge in [0.15, 0.2) is 0 Å². The van der Waals surface area contributed by atoms with E-state index in [1.165, 1.54) is 0 Å². The molecule has 0 spiro atoms. The Kier molecular flexibility index (Phi) is 7.62. The van der Waals surface area contributed by atoms with Crippen LogP contribution in [0.15, 0.2) is 6.07 Å². The fraction of sp³-hybridized carbons (Fsp3) is 0.625. The number of pyridine rings is 1. The highest BCUT2D eigenvalue weighted by molar-refractivity contribution is 6.32. The van der Waals surface area contributed by atoms with Crippen molar-refractivity contribution in [3.8, 4) is 5.88 Å². The van der Waals surface area contributed by atoms with E-state index in [-0.39, 0.29) is 6.10 Å². The van der Waals surface area contributed by atoms with Gasteiger partial charge in [0.1, 0.15) is 17.0 Å². The summed E-state index contributed by atoms with van der Waals surface area (Å²) in [5, 5.41) is 8.58. The number of halogens is 1. The Morgan fingerprint density at radius 1 is 1.45 bits per heavy atom. The molecule has 0 fully saturated rings. The molecule has 22 heavy (non-hydrogen) atoms. The van der Waals surface area contributed by atoms with Crippen molar-refractivity contribution in [2.75, 3.05) is 26.8 Å². The quantitative estimate of drug-likeness (QED) is 0.451. The lowest BCUT2D eigenvalue weighted by molar-refractivity contribution is 0.0568. The number of hydrogen-bond donors (Lipinski definition) is 1. The second kappa shape index (κ2) is 8.96. The van der Waals surface area contributed by atoms with Gasteiger partial charge in [-0.1, -0.05) is 18.5 Å². The normalized spacial score (nSPS) is 12.1. The molecule has 0 bridgehead atoms. The van der Waals surface area contributed by atoms with Gasteiger partial charge in [-0.05, 0) is 33.3 Å². The zero-order valence-corrected chi connectivity index (χ0v) is 14.8. The van der Waals surface area contributed by atoms with Crippen LogP contribution >= 0.6 is 11.6 Å². The lowest BCUT2D eigenvalue weighted by Crippen LogP contribution is -2.27. The summed E-state index contributed by atoms with van der Waals surface area (Å²) in [5.74, 6) is 0.794. The number of rotatable bonds is 8.